The van der Waals surface area contributed by atoms with Crippen LogP contribution in [0.2, 0.25) is 0 Å². The van der Waals surface area contributed by atoms with Gasteiger partial charge in [0.05, 0.1) is 0 Å². The fourth-order valence-corrected chi connectivity index (χ4v) is 3.37. The van der Waals surface area contributed by atoms with E-state index in [1.807, 2.05) is 6.92 Å². The standard InChI is InChI=1S/C21H21F2N3O3/c1-2-3-11-21(14-7-9-15(22)10-8-14)19(28)26(20(29)25-21)13-18(27)24-17-6-4-5-16(23)12-17/h4-10,12H,2-3,11,13H2,1H3,(H,24,27)(H,25,29). The number of nitrogens with one attached hydrogen (secondary N) is 2. The van der Waals surface area contributed by atoms with Crippen molar-refractivity contribution < 1.29 is 23.2 Å². The second-order valence-corrected chi connectivity index (χ2v) is 6.90. The van der Waals surface area contributed by atoms with Crippen LogP contribution < -0.4 is 10.6 Å². The Labute approximate surface area is 166 Å². The van der Waals surface area contributed by atoms with Crippen LogP contribution in [0.5, 0.6) is 0 Å². The summed E-state index contributed by atoms with van der Waals surface area (Å²) in [6.45, 7) is 1.43. The molecule has 0 bridgehead atoms. The molecule has 1 heterocycles. The largest absolute Gasteiger partial charge is 0.325 e. The van der Waals surface area contributed by atoms with Gasteiger partial charge in [0.15, 0.2) is 0 Å². The zero-order valence-corrected chi connectivity index (χ0v) is 15.9. The highest BCUT2D eigenvalue weighted by atomic mass is 19.1. The minimum Gasteiger partial charge on any atom is -0.324 e. The second-order valence-electron chi connectivity index (χ2n) is 6.90. The Hall–Kier alpha value is -3.29. The van der Waals surface area contributed by atoms with Gasteiger partial charge in [-0.25, -0.2) is 13.6 Å². The number of unbranched alkanes of at least 4 members (excludes halogenated alkanes) is 1. The van der Waals surface area contributed by atoms with Crippen molar-refractivity contribution in [1.29, 1.82) is 0 Å². The lowest BCUT2D eigenvalue weighted by Gasteiger charge is -2.27. The Kier molecular flexibility index (Phi) is 5.91. The fraction of sp³-hybridized carbons (Fsp3) is 0.286. The summed E-state index contributed by atoms with van der Waals surface area (Å²) in [6, 6.07) is 9.96. The number of nitrogens with zero attached hydrogens (tertiary/aromatic N) is 1. The molecule has 2 aromatic rings. The Morgan fingerprint density at radius 1 is 1.10 bits per heavy atom. The van der Waals surface area contributed by atoms with Crippen LogP contribution in [-0.4, -0.2) is 29.3 Å². The van der Waals surface area contributed by atoms with Crippen molar-refractivity contribution in [2.45, 2.75) is 31.7 Å². The zero-order chi connectivity index (χ0) is 21.0. The van der Waals surface area contributed by atoms with Crippen molar-refractivity contribution in [3.05, 3.63) is 65.7 Å². The van der Waals surface area contributed by atoms with Crippen LogP contribution in [0.15, 0.2) is 48.5 Å². The van der Waals surface area contributed by atoms with E-state index in [4.69, 9.17) is 0 Å². The van der Waals surface area contributed by atoms with E-state index in [1.54, 1.807) is 0 Å². The number of carbonyl (C=O) groups is 3. The van der Waals surface area contributed by atoms with Gasteiger partial charge in [-0.2, -0.15) is 0 Å². The van der Waals surface area contributed by atoms with E-state index in [1.165, 1.54) is 42.5 Å². The summed E-state index contributed by atoms with van der Waals surface area (Å²) in [6.07, 6.45) is 1.75. The Morgan fingerprint density at radius 2 is 1.83 bits per heavy atom. The number of hydrogen-bond donors (Lipinski definition) is 2. The molecule has 2 N–H and O–H groups in total. The SMILES string of the molecule is CCCCC1(c2ccc(F)cc2)NC(=O)N(CC(=O)Nc2cccc(F)c2)C1=O. The molecule has 4 amide bonds. The summed E-state index contributed by atoms with van der Waals surface area (Å²) in [5.74, 6) is -2.18. The number of urea groups is 1. The molecule has 0 aliphatic carbocycles. The Morgan fingerprint density at radius 3 is 2.48 bits per heavy atom. The summed E-state index contributed by atoms with van der Waals surface area (Å²) < 4.78 is 26.6. The molecule has 152 valence electrons. The van der Waals surface area contributed by atoms with E-state index in [-0.39, 0.29) is 5.69 Å². The highest BCUT2D eigenvalue weighted by Crippen LogP contribution is 2.34. The van der Waals surface area contributed by atoms with Gasteiger partial charge in [-0.3, -0.25) is 14.5 Å². The van der Waals surface area contributed by atoms with Crippen molar-refractivity contribution in [3.8, 4) is 0 Å². The van der Waals surface area contributed by atoms with E-state index in [9.17, 15) is 23.2 Å². The van der Waals surface area contributed by atoms with E-state index < -0.39 is 41.6 Å². The topological polar surface area (TPSA) is 78.5 Å². The van der Waals surface area contributed by atoms with Crippen LogP contribution >= 0.6 is 0 Å². The van der Waals surface area contributed by atoms with Gasteiger partial charge < -0.3 is 10.6 Å². The maximum Gasteiger partial charge on any atom is 0.325 e. The number of benzene rings is 2. The molecule has 1 fully saturated rings. The molecule has 8 heteroatoms. The third-order valence-electron chi connectivity index (χ3n) is 4.83. The maximum absolute atomic E-state index is 13.3. The van der Waals surface area contributed by atoms with Crippen LogP contribution in [-0.2, 0) is 15.1 Å². The van der Waals surface area contributed by atoms with Crippen molar-refractivity contribution >= 4 is 23.5 Å². The molecule has 1 unspecified atom stereocenters. The lowest BCUT2D eigenvalue weighted by atomic mass is 9.85. The van der Waals surface area contributed by atoms with E-state index in [0.29, 0.717) is 18.4 Å². The van der Waals surface area contributed by atoms with Gasteiger partial charge in [0.25, 0.3) is 5.91 Å². The smallest absolute Gasteiger partial charge is 0.324 e. The average molecular weight is 401 g/mol. The van der Waals surface area contributed by atoms with Gasteiger partial charge in [-0.15, -0.1) is 0 Å². The molecule has 0 saturated carbocycles. The summed E-state index contributed by atoms with van der Waals surface area (Å²) in [4.78, 5) is 38.9. The molecule has 6 nitrogen and oxygen atoms in total. The monoisotopic (exact) mass is 401 g/mol. The van der Waals surface area contributed by atoms with E-state index >= 15 is 0 Å². The lowest BCUT2D eigenvalue weighted by molar-refractivity contribution is -0.134. The molecular formula is C21H21F2N3O3. The first-order valence-corrected chi connectivity index (χ1v) is 9.31. The van der Waals surface area contributed by atoms with Gasteiger partial charge >= 0.3 is 6.03 Å². The predicted molar refractivity (Wildman–Crippen MR) is 103 cm³/mol. The molecule has 3 rings (SSSR count). The quantitative estimate of drug-likeness (QED) is 0.697. The normalized spacial score (nSPS) is 18.7. The van der Waals surface area contributed by atoms with Crippen molar-refractivity contribution in [1.82, 2.24) is 10.2 Å². The van der Waals surface area contributed by atoms with Crippen molar-refractivity contribution in [2.24, 2.45) is 0 Å². The van der Waals surface area contributed by atoms with Crippen LogP contribution in [0.3, 0.4) is 0 Å². The minimum absolute atomic E-state index is 0.220. The van der Waals surface area contributed by atoms with Crippen molar-refractivity contribution in [2.75, 3.05) is 11.9 Å². The molecule has 2 aromatic carbocycles. The van der Waals surface area contributed by atoms with Gasteiger partial charge in [-0.05, 0) is 42.3 Å². The summed E-state index contributed by atoms with van der Waals surface area (Å²) in [5.41, 5.74) is -0.670. The van der Waals surface area contributed by atoms with Crippen LogP contribution in [0.1, 0.15) is 31.7 Å². The number of halogens is 2. The highest BCUT2D eigenvalue weighted by Gasteiger charge is 2.52. The van der Waals surface area contributed by atoms with Gasteiger partial charge in [-0.1, -0.05) is 38.0 Å². The van der Waals surface area contributed by atoms with Crippen molar-refractivity contribution in [3.63, 3.8) is 0 Å². The number of anilines is 1. The first-order chi connectivity index (χ1) is 13.9. The summed E-state index contributed by atoms with van der Waals surface area (Å²) in [7, 11) is 0. The fourth-order valence-electron chi connectivity index (χ4n) is 3.37. The molecule has 0 spiro atoms. The number of hydrogen-bond acceptors (Lipinski definition) is 3. The van der Waals surface area contributed by atoms with Gasteiger partial charge in [0.2, 0.25) is 5.91 Å². The molecule has 0 aromatic heterocycles. The molecule has 0 radical (unpaired) electrons. The first kappa shape index (κ1) is 20.4. The number of rotatable bonds is 7. The molecule has 1 atom stereocenters. The van der Waals surface area contributed by atoms with E-state index in [0.717, 1.165) is 17.4 Å². The maximum atomic E-state index is 13.3. The highest BCUT2D eigenvalue weighted by molar-refractivity contribution is 6.10. The third-order valence-corrected chi connectivity index (χ3v) is 4.83. The lowest BCUT2D eigenvalue weighted by Crippen LogP contribution is -2.44. The Bertz CT molecular complexity index is 933. The molecular weight excluding hydrogens is 380 g/mol. The number of carbonyl (C=O) groups excluding carboxylic acids is 3. The van der Waals surface area contributed by atoms with Gasteiger partial charge in [0, 0.05) is 5.69 Å². The van der Waals surface area contributed by atoms with Crippen LogP contribution in [0.25, 0.3) is 0 Å². The van der Waals surface area contributed by atoms with Crippen LogP contribution in [0, 0.1) is 11.6 Å². The Balaban J connectivity index is 1.81. The molecule has 29 heavy (non-hydrogen) atoms. The minimum atomic E-state index is -1.35. The van der Waals surface area contributed by atoms with Crippen LogP contribution in [0.4, 0.5) is 19.3 Å². The summed E-state index contributed by atoms with van der Waals surface area (Å²) >= 11 is 0. The summed E-state index contributed by atoms with van der Waals surface area (Å²) in [5, 5.41) is 5.16. The average Bonchev–Trinajstić information content (AvgIpc) is 2.92. The van der Waals surface area contributed by atoms with E-state index in [2.05, 4.69) is 10.6 Å². The molecule has 1 saturated heterocycles. The first-order valence-electron chi connectivity index (χ1n) is 9.31. The zero-order valence-electron chi connectivity index (χ0n) is 15.9. The number of amides is 4. The molecule has 1 aliphatic heterocycles. The third kappa shape index (κ3) is 4.26. The second kappa shape index (κ2) is 8.38. The van der Waals surface area contributed by atoms with Gasteiger partial charge in [0.1, 0.15) is 23.7 Å². The predicted octanol–water partition coefficient (Wildman–Crippen LogP) is 3.54. The molecule has 1 aliphatic rings. The number of imide groups is 1.